The van der Waals surface area contributed by atoms with E-state index >= 15 is 0 Å². The Morgan fingerprint density at radius 2 is 2.11 bits per heavy atom. The van der Waals surface area contributed by atoms with Gasteiger partial charge in [-0.25, -0.2) is 9.37 Å². The van der Waals surface area contributed by atoms with E-state index < -0.39 is 0 Å². The van der Waals surface area contributed by atoms with E-state index in [2.05, 4.69) is 11.9 Å². The van der Waals surface area contributed by atoms with E-state index in [1.54, 1.807) is 6.07 Å². The highest BCUT2D eigenvalue weighted by Gasteiger charge is 2.22. The highest BCUT2D eigenvalue weighted by molar-refractivity contribution is 5.79. The van der Waals surface area contributed by atoms with Gasteiger partial charge in [-0.3, -0.25) is 0 Å². The molecule has 2 unspecified atom stereocenters. The third-order valence-corrected chi connectivity index (χ3v) is 4.29. The maximum atomic E-state index is 13.8. The fourth-order valence-corrected chi connectivity index (χ4v) is 3.21. The van der Waals surface area contributed by atoms with Crippen LogP contribution in [-0.2, 0) is 0 Å². The van der Waals surface area contributed by atoms with Crippen LogP contribution in [0.1, 0.15) is 45.1 Å². The first-order chi connectivity index (χ1) is 9.16. The number of rotatable bonds is 1. The van der Waals surface area contributed by atoms with Crippen molar-refractivity contribution in [2.75, 3.05) is 5.73 Å². The van der Waals surface area contributed by atoms with Crippen LogP contribution in [0.2, 0.25) is 0 Å². The second kappa shape index (κ2) is 4.83. The maximum absolute atomic E-state index is 13.8. The molecule has 1 saturated carbocycles. The summed E-state index contributed by atoms with van der Waals surface area (Å²) < 4.78 is 15.8. The molecule has 1 fully saturated rings. The number of para-hydroxylation sites is 1. The number of imidazole rings is 1. The van der Waals surface area contributed by atoms with Crippen molar-refractivity contribution in [3.05, 3.63) is 24.0 Å². The fraction of sp³-hybridized carbons (Fsp3) is 0.533. The first-order valence-corrected chi connectivity index (χ1v) is 7.08. The fourth-order valence-electron chi connectivity index (χ4n) is 3.21. The van der Waals surface area contributed by atoms with Crippen molar-refractivity contribution in [3.63, 3.8) is 0 Å². The molecule has 3 rings (SSSR count). The number of fused-ring (bicyclic) bond motifs is 1. The Kier molecular flexibility index (Phi) is 3.17. The second-order valence-corrected chi connectivity index (χ2v) is 5.71. The summed E-state index contributed by atoms with van der Waals surface area (Å²) in [6.07, 6.45) is 5.90. The molecule has 2 aromatic rings. The largest absolute Gasteiger partial charge is 0.369 e. The smallest absolute Gasteiger partial charge is 0.201 e. The van der Waals surface area contributed by atoms with Crippen molar-refractivity contribution in [1.82, 2.24) is 9.55 Å². The van der Waals surface area contributed by atoms with E-state index in [0.29, 0.717) is 17.5 Å². The molecule has 0 radical (unpaired) electrons. The molecule has 1 aromatic carbocycles. The van der Waals surface area contributed by atoms with Crippen LogP contribution in [0.5, 0.6) is 0 Å². The van der Waals surface area contributed by atoms with Gasteiger partial charge >= 0.3 is 0 Å². The first kappa shape index (κ1) is 12.5. The summed E-state index contributed by atoms with van der Waals surface area (Å²) in [5, 5.41) is 0. The first-order valence-electron chi connectivity index (χ1n) is 7.08. The van der Waals surface area contributed by atoms with Crippen LogP contribution in [-0.4, -0.2) is 9.55 Å². The Morgan fingerprint density at radius 1 is 1.26 bits per heavy atom. The van der Waals surface area contributed by atoms with Crippen LogP contribution < -0.4 is 5.73 Å². The topological polar surface area (TPSA) is 43.8 Å². The average Bonchev–Trinajstić information content (AvgIpc) is 2.57. The predicted molar refractivity (Wildman–Crippen MR) is 75.4 cm³/mol. The molecule has 19 heavy (non-hydrogen) atoms. The zero-order chi connectivity index (χ0) is 13.4. The van der Waals surface area contributed by atoms with Gasteiger partial charge in [0, 0.05) is 6.04 Å². The molecule has 3 nitrogen and oxygen atoms in total. The minimum Gasteiger partial charge on any atom is -0.369 e. The molecule has 2 N–H and O–H groups in total. The third kappa shape index (κ3) is 2.20. The molecular weight excluding hydrogens is 241 g/mol. The minimum absolute atomic E-state index is 0.287. The van der Waals surface area contributed by atoms with Crippen molar-refractivity contribution in [3.8, 4) is 0 Å². The summed E-state index contributed by atoms with van der Waals surface area (Å²) in [6, 6.07) is 5.44. The lowest BCUT2D eigenvalue weighted by Crippen LogP contribution is -2.11. The summed E-state index contributed by atoms with van der Waals surface area (Å²) in [5.74, 6) is 0.933. The van der Waals surface area contributed by atoms with Crippen LogP contribution in [0.4, 0.5) is 10.3 Å². The lowest BCUT2D eigenvalue weighted by Gasteiger charge is -2.18. The van der Waals surface area contributed by atoms with Gasteiger partial charge in [0.1, 0.15) is 5.52 Å². The number of aromatic nitrogens is 2. The van der Waals surface area contributed by atoms with E-state index in [1.165, 1.54) is 25.3 Å². The molecule has 0 amide bonds. The summed E-state index contributed by atoms with van der Waals surface area (Å²) >= 11 is 0. The number of benzene rings is 1. The van der Waals surface area contributed by atoms with Gasteiger partial charge in [0.05, 0.1) is 5.52 Å². The summed E-state index contributed by atoms with van der Waals surface area (Å²) in [4.78, 5) is 4.20. The minimum atomic E-state index is -0.287. The van der Waals surface area contributed by atoms with Crippen molar-refractivity contribution in [2.45, 2.75) is 45.1 Å². The van der Waals surface area contributed by atoms with Gasteiger partial charge < -0.3 is 10.3 Å². The van der Waals surface area contributed by atoms with Crippen LogP contribution in [0, 0.1) is 11.7 Å². The number of halogens is 1. The average molecular weight is 261 g/mol. The highest BCUT2D eigenvalue weighted by Crippen LogP contribution is 2.34. The predicted octanol–water partition coefficient (Wildman–Crippen LogP) is 3.90. The molecule has 1 heterocycles. The van der Waals surface area contributed by atoms with Gasteiger partial charge in [0.25, 0.3) is 0 Å². The molecule has 0 aliphatic heterocycles. The Labute approximate surface area is 112 Å². The summed E-state index contributed by atoms with van der Waals surface area (Å²) in [7, 11) is 0. The zero-order valence-corrected chi connectivity index (χ0v) is 11.3. The van der Waals surface area contributed by atoms with E-state index in [-0.39, 0.29) is 5.82 Å². The molecule has 102 valence electrons. The van der Waals surface area contributed by atoms with E-state index in [9.17, 15) is 4.39 Å². The Balaban J connectivity index is 2.04. The Morgan fingerprint density at radius 3 is 2.95 bits per heavy atom. The van der Waals surface area contributed by atoms with Crippen LogP contribution in [0.15, 0.2) is 18.2 Å². The quantitative estimate of drug-likeness (QED) is 0.791. The van der Waals surface area contributed by atoms with Gasteiger partial charge in [0.15, 0.2) is 5.82 Å². The van der Waals surface area contributed by atoms with Gasteiger partial charge in [-0.15, -0.1) is 0 Å². The molecule has 1 aliphatic carbocycles. The molecule has 0 spiro atoms. The number of hydrogen-bond acceptors (Lipinski definition) is 2. The number of nitrogens with zero attached hydrogens (tertiary/aromatic N) is 2. The van der Waals surface area contributed by atoms with Crippen LogP contribution in [0.3, 0.4) is 0 Å². The normalized spacial score (nSPS) is 24.5. The molecule has 4 heteroatoms. The van der Waals surface area contributed by atoms with Gasteiger partial charge in [0.2, 0.25) is 5.95 Å². The lowest BCUT2D eigenvalue weighted by molar-refractivity contribution is 0.445. The number of anilines is 1. The number of nitrogen functional groups attached to an aromatic ring is 1. The maximum Gasteiger partial charge on any atom is 0.201 e. The van der Waals surface area contributed by atoms with Gasteiger partial charge in [-0.1, -0.05) is 25.8 Å². The van der Waals surface area contributed by atoms with Gasteiger partial charge in [-0.2, -0.15) is 0 Å². The highest BCUT2D eigenvalue weighted by atomic mass is 19.1. The molecule has 0 bridgehead atoms. The van der Waals surface area contributed by atoms with E-state index in [0.717, 1.165) is 24.3 Å². The molecule has 1 aromatic heterocycles. The SMILES string of the molecule is CC1CCCC(n2c(N)nc3c(F)cccc32)CC1. The van der Waals surface area contributed by atoms with Crippen LogP contribution >= 0.6 is 0 Å². The number of hydrogen-bond donors (Lipinski definition) is 1. The van der Waals surface area contributed by atoms with E-state index in [1.807, 2.05) is 10.6 Å². The second-order valence-electron chi connectivity index (χ2n) is 5.71. The third-order valence-electron chi connectivity index (χ3n) is 4.29. The van der Waals surface area contributed by atoms with Gasteiger partial charge in [-0.05, 0) is 37.3 Å². The van der Waals surface area contributed by atoms with Crippen LogP contribution in [0.25, 0.3) is 11.0 Å². The molecule has 0 saturated heterocycles. The number of nitrogens with two attached hydrogens (primary N) is 1. The Bertz CT molecular complexity index is 590. The standard InChI is InChI=1S/C15H20FN3/c1-10-4-2-5-11(9-8-10)19-13-7-3-6-12(16)14(13)18-15(19)17/h3,6-7,10-11H,2,4-5,8-9H2,1H3,(H2,17,18). The van der Waals surface area contributed by atoms with Crippen molar-refractivity contribution in [2.24, 2.45) is 5.92 Å². The van der Waals surface area contributed by atoms with Crippen molar-refractivity contribution >= 4 is 17.0 Å². The lowest BCUT2D eigenvalue weighted by atomic mass is 10.0. The summed E-state index contributed by atoms with van der Waals surface area (Å²) in [6.45, 7) is 2.30. The van der Waals surface area contributed by atoms with Crippen molar-refractivity contribution < 1.29 is 4.39 Å². The molecule has 1 aliphatic rings. The zero-order valence-electron chi connectivity index (χ0n) is 11.3. The molecule has 2 atom stereocenters. The van der Waals surface area contributed by atoms with Crippen molar-refractivity contribution in [1.29, 1.82) is 0 Å². The van der Waals surface area contributed by atoms with E-state index in [4.69, 9.17) is 5.73 Å². The molecular formula is C15H20FN3. The Hall–Kier alpha value is -1.58. The summed E-state index contributed by atoms with van der Waals surface area (Å²) in [5.41, 5.74) is 7.25. The monoisotopic (exact) mass is 261 g/mol.